The lowest BCUT2D eigenvalue weighted by molar-refractivity contribution is 0.185. The molecule has 0 radical (unpaired) electrons. The molecule has 0 amide bonds. The molecule has 0 aliphatic rings. The molecule has 1 N–H and O–H groups in total. The van der Waals surface area contributed by atoms with E-state index in [4.69, 9.17) is 9.26 Å². The van der Waals surface area contributed by atoms with Crippen molar-refractivity contribution in [2.24, 2.45) is 0 Å². The van der Waals surface area contributed by atoms with Gasteiger partial charge in [-0.1, -0.05) is 19.0 Å². The number of hydrogen-bond acceptors (Lipinski definition) is 5. The molecule has 2 rings (SSSR count). The van der Waals surface area contributed by atoms with Crippen LogP contribution in [-0.4, -0.2) is 15.2 Å². The Balaban J connectivity index is 2.11. The van der Waals surface area contributed by atoms with E-state index in [2.05, 4.69) is 10.1 Å². The molecule has 0 saturated heterocycles. The van der Waals surface area contributed by atoms with Crippen LogP contribution in [0.2, 0.25) is 0 Å². The average molecular weight is 280 g/mol. The third-order valence-electron chi connectivity index (χ3n) is 2.78. The van der Waals surface area contributed by atoms with Gasteiger partial charge >= 0.3 is 0 Å². The topological polar surface area (TPSA) is 68.4 Å². The van der Waals surface area contributed by atoms with Gasteiger partial charge < -0.3 is 14.4 Å². The average Bonchev–Trinajstić information content (AvgIpc) is 2.85. The molecule has 1 atom stereocenters. The third kappa shape index (κ3) is 3.33. The van der Waals surface area contributed by atoms with Gasteiger partial charge in [0.1, 0.15) is 11.6 Å². The van der Waals surface area contributed by atoms with Gasteiger partial charge in [0.25, 0.3) is 5.89 Å². The van der Waals surface area contributed by atoms with Crippen LogP contribution in [0.15, 0.2) is 22.7 Å². The number of ether oxygens (including phenoxy) is 1. The highest BCUT2D eigenvalue weighted by Gasteiger charge is 2.13. The highest BCUT2D eigenvalue weighted by Crippen LogP contribution is 2.26. The zero-order valence-corrected chi connectivity index (χ0v) is 11.6. The van der Waals surface area contributed by atoms with Gasteiger partial charge in [0.15, 0.2) is 12.4 Å². The molecule has 5 nitrogen and oxygen atoms in total. The number of halogens is 1. The van der Waals surface area contributed by atoms with Crippen molar-refractivity contribution >= 4 is 0 Å². The summed E-state index contributed by atoms with van der Waals surface area (Å²) in [5.41, 5.74) is 0.509. The summed E-state index contributed by atoms with van der Waals surface area (Å²) in [7, 11) is 0. The molecule has 0 bridgehead atoms. The summed E-state index contributed by atoms with van der Waals surface area (Å²) in [6.07, 6.45) is -0.750. The molecule has 6 heteroatoms. The van der Waals surface area contributed by atoms with Crippen LogP contribution in [0.3, 0.4) is 0 Å². The number of hydrogen-bond donors (Lipinski definition) is 1. The summed E-state index contributed by atoms with van der Waals surface area (Å²) in [5, 5.41) is 13.4. The maximum atomic E-state index is 13.2. The molecule has 1 aromatic carbocycles. The van der Waals surface area contributed by atoms with Gasteiger partial charge in [-0.25, -0.2) is 4.39 Å². The van der Waals surface area contributed by atoms with Gasteiger partial charge in [-0.3, -0.25) is 0 Å². The van der Waals surface area contributed by atoms with E-state index in [9.17, 15) is 9.50 Å². The monoisotopic (exact) mass is 280 g/mol. The molecule has 1 heterocycles. The Hall–Kier alpha value is -1.95. The quantitative estimate of drug-likeness (QED) is 0.912. The molecule has 0 spiro atoms. The zero-order valence-electron chi connectivity index (χ0n) is 11.6. The molecular formula is C14H17FN2O3. The van der Waals surface area contributed by atoms with E-state index < -0.39 is 11.9 Å². The Bertz CT molecular complexity index is 582. The highest BCUT2D eigenvalue weighted by molar-refractivity contribution is 5.35. The summed E-state index contributed by atoms with van der Waals surface area (Å²) >= 11 is 0. The summed E-state index contributed by atoms with van der Waals surface area (Å²) < 4.78 is 23.7. The van der Waals surface area contributed by atoms with E-state index in [1.54, 1.807) is 6.92 Å². The van der Waals surface area contributed by atoms with Crippen LogP contribution in [-0.2, 0) is 6.61 Å². The number of aliphatic hydroxyl groups excluding tert-OH is 1. The van der Waals surface area contributed by atoms with Crippen LogP contribution in [0.25, 0.3) is 0 Å². The molecule has 0 unspecified atom stereocenters. The molecule has 0 fully saturated rings. The largest absolute Gasteiger partial charge is 0.483 e. The summed E-state index contributed by atoms with van der Waals surface area (Å²) in [6, 6.07) is 3.99. The van der Waals surface area contributed by atoms with Crippen LogP contribution in [0.5, 0.6) is 5.75 Å². The Kier molecular flexibility index (Phi) is 4.34. The number of rotatable bonds is 5. The van der Waals surface area contributed by atoms with E-state index in [-0.39, 0.29) is 18.3 Å². The summed E-state index contributed by atoms with van der Waals surface area (Å²) in [4.78, 5) is 4.16. The van der Waals surface area contributed by atoms with Crippen molar-refractivity contribution in [3.63, 3.8) is 0 Å². The number of benzene rings is 1. The predicted octanol–water partition coefficient (Wildman–Crippen LogP) is 2.96. The fourth-order valence-electron chi connectivity index (χ4n) is 1.68. The Labute approximate surface area is 116 Å². The first kappa shape index (κ1) is 14.5. The Morgan fingerprint density at radius 2 is 2.10 bits per heavy atom. The second-order valence-corrected chi connectivity index (χ2v) is 4.85. The summed E-state index contributed by atoms with van der Waals surface area (Å²) in [6.45, 7) is 5.52. The van der Waals surface area contributed by atoms with Gasteiger partial charge in [-0.05, 0) is 19.1 Å². The van der Waals surface area contributed by atoms with Crippen LogP contribution in [0.1, 0.15) is 50.1 Å². The zero-order chi connectivity index (χ0) is 14.7. The van der Waals surface area contributed by atoms with Crippen LogP contribution in [0, 0.1) is 5.82 Å². The van der Waals surface area contributed by atoms with Crippen LogP contribution >= 0.6 is 0 Å². The van der Waals surface area contributed by atoms with E-state index in [1.807, 2.05) is 13.8 Å². The van der Waals surface area contributed by atoms with Crippen molar-refractivity contribution in [2.75, 3.05) is 0 Å². The molecule has 0 aliphatic heterocycles. The van der Waals surface area contributed by atoms with Crippen molar-refractivity contribution in [2.45, 2.75) is 39.4 Å². The first-order chi connectivity index (χ1) is 9.47. The molecule has 0 saturated carbocycles. The maximum absolute atomic E-state index is 13.2. The molecule has 2 aromatic rings. The van der Waals surface area contributed by atoms with Gasteiger partial charge in [0.2, 0.25) is 0 Å². The van der Waals surface area contributed by atoms with Crippen molar-refractivity contribution in [3.05, 3.63) is 41.3 Å². The number of nitrogens with zero attached hydrogens (tertiary/aromatic N) is 2. The normalized spacial score (nSPS) is 12.7. The minimum atomic E-state index is -0.750. The first-order valence-corrected chi connectivity index (χ1v) is 6.40. The molecule has 20 heavy (non-hydrogen) atoms. The summed E-state index contributed by atoms with van der Waals surface area (Å²) in [5.74, 6) is 0.907. The second kappa shape index (κ2) is 6.00. The molecule has 0 aliphatic carbocycles. The fraction of sp³-hybridized carbons (Fsp3) is 0.429. The molecule has 108 valence electrons. The molecule has 1 aromatic heterocycles. The fourth-order valence-corrected chi connectivity index (χ4v) is 1.68. The van der Waals surface area contributed by atoms with Crippen molar-refractivity contribution in [1.29, 1.82) is 0 Å². The van der Waals surface area contributed by atoms with Crippen LogP contribution in [0.4, 0.5) is 4.39 Å². The van der Waals surface area contributed by atoms with Crippen molar-refractivity contribution < 1.29 is 18.8 Å². The maximum Gasteiger partial charge on any atom is 0.264 e. The number of aromatic nitrogens is 2. The predicted molar refractivity (Wildman–Crippen MR) is 69.8 cm³/mol. The minimum Gasteiger partial charge on any atom is -0.483 e. The van der Waals surface area contributed by atoms with E-state index >= 15 is 0 Å². The van der Waals surface area contributed by atoms with Crippen molar-refractivity contribution in [3.8, 4) is 5.75 Å². The minimum absolute atomic E-state index is 0.0306. The van der Waals surface area contributed by atoms with Gasteiger partial charge in [-0.15, -0.1) is 0 Å². The number of aliphatic hydroxyl groups is 1. The van der Waals surface area contributed by atoms with Gasteiger partial charge in [-0.2, -0.15) is 4.98 Å². The van der Waals surface area contributed by atoms with Crippen LogP contribution < -0.4 is 4.74 Å². The molecular weight excluding hydrogens is 263 g/mol. The van der Waals surface area contributed by atoms with Gasteiger partial charge in [0, 0.05) is 17.5 Å². The lowest BCUT2D eigenvalue weighted by Crippen LogP contribution is -2.02. The Morgan fingerprint density at radius 1 is 1.35 bits per heavy atom. The lowest BCUT2D eigenvalue weighted by atomic mass is 10.1. The van der Waals surface area contributed by atoms with Gasteiger partial charge in [0.05, 0.1) is 6.10 Å². The Morgan fingerprint density at radius 3 is 2.70 bits per heavy atom. The van der Waals surface area contributed by atoms with E-state index in [1.165, 1.54) is 18.2 Å². The smallest absolute Gasteiger partial charge is 0.264 e. The highest BCUT2D eigenvalue weighted by atomic mass is 19.1. The lowest BCUT2D eigenvalue weighted by Gasteiger charge is -2.12. The first-order valence-electron chi connectivity index (χ1n) is 6.40. The van der Waals surface area contributed by atoms with Crippen molar-refractivity contribution in [1.82, 2.24) is 10.1 Å². The third-order valence-corrected chi connectivity index (χ3v) is 2.78. The van der Waals surface area contributed by atoms with E-state index in [0.717, 1.165) is 0 Å². The second-order valence-electron chi connectivity index (χ2n) is 4.85. The SMILES string of the molecule is CC(C)c1noc(COc2cc(F)ccc2[C@@H](C)O)n1. The van der Waals surface area contributed by atoms with E-state index in [0.29, 0.717) is 17.3 Å². The standard InChI is InChI=1S/C14H17FN2O3/c1-8(2)14-16-13(20-17-14)7-19-12-6-10(15)4-5-11(12)9(3)18/h4-6,8-9,18H,7H2,1-3H3/t9-/m1/s1.